The highest BCUT2D eigenvalue weighted by molar-refractivity contribution is 6.34. The fourth-order valence-corrected chi connectivity index (χ4v) is 4.84. The van der Waals surface area contributed by atoms with Gasteiger partial charge in [-0.3, -0.25) is 9.59 Å². The Kier molecular flexibility index (Phi) is 11.6. The van der Waals surface area contributed by atoms with E-state index in [0.29, 0.717) is 23.6 Å². The Balaban J connectivity index is 2.67. The first-order valence-electron chi connectivity index (χ1n) is 14.0. The minimum Gasteiger partial charge on any atom is -0.444 e. The molecule has 0 heterocycles. The van der Waals surface area contributed by atoms with Gasteiger partial charge in [-0.25, -0.2) is 4.79 Å². The number of halogens is 1. The molecule has 0 radical (unpaired) electrons. The molecule has 0 saturated carbocycles. The molecule has 0 aliphatic carbocycles. The Morgan fingerprint density at radius 2 is 1.65 bits per heavy atom. The van der Waals surface area contributed by atoms with Crippen LogP contribution in [0, 0.1) is 26.7 Å². The molecule has 220 valence electrons. The lowest BCUT2D eigenvalue weighted by Gasteiger charge is -2.39. The molecular formula is C32H46ClN3O4. The molecule has 0 saturated heterocycles. The summed E-state index contributed by atoms with van der Waals surface area (Å²) >= 11 is 6.47. The van der Waals surface area contributed by atoms with Crippen LogP contribution in [0.2, 0.25) is 5.02 Å². The van der Waals surface area contributed by atoms with Gasteiger partial charge in [0.05, 0.1) is 10.7 Å². The predicted molar refractivity (Wildman–Crippen MR) is 163 cm³/mol. The molecule has 2 rings (SSSR count). The Bertz CT molecular complexity index is 1180. The Labute approximate surface area is 245 Å². The highest BCUT2D eigenvalue weighted by Crippen LogP contribution is 2.33. The molecule has 40 heavy (non-hydrogen) atoms. The number of nitrogens with zero attached hydrogens (tertiary/aromatic N) is 1. The molecule has 3 amide bonds. The van der Waals surface area contributed by atoms with Crippen molar-refractivity contribution >= 4 is 35.2 Å². The molecular weight excluding hydrogens is 526 g/mol. The summed E-state index contributed by atoms with van der Waals surface area (Å²) in [5.41, 5.74) is 3.16. The van der Waals surface area contributed by atoms with Crippen LogP contribution in [-0.4, -0.2) is 40.5 Å². The second kappa shape index (κ2) is 14.0. The van der Waals surface area contributed by atoms with Crippen LogP contribution in [0.3, 0.4) is 0 Å². The number of rotatable bonds is 10. The molecule has 0 aliphatic heterocycles. The minimum atomic E-state index is -0.965. The molecule has 7 nitrogen and oxygen atoms in total. The average Bonchev–Trinajstić information content (AvgIpc) is 2.83. The van der Waals surface area contributed by atoms with E-state index in [2.05, 4.69) is 10.6 Å². The fourth-order valence-electron chi connectivity index (χ4n) is 4.57. The number of para-hydroxylation sites is 1. The molecule has 0 aliphatic rings. The van der Waals surface area contributed by atoms with Crippen molar-refractivity contribution in [2.24, 2.45) is 5.92 Å². The van der Waals surface area contributed by atoms with Crippen LogP contribution < -0.4 is 10.6 Å². The van der Waals surface area contributed by atoms with E-state index in [1.165, 1.54) is 0 Å². The summed E-state index contributed by atoms with van der Waals surface area (Å²) in [6, 6.07) is 9.13. The fraction of sp³-hybridized carbons (Fsp3) is 0.531. The SMILES string of the molecule is CCC(C)N(C(=O)C(CC(C)C)NC(=O)OC(C)(C)C)C(C(=O)Nc1c(C)cccc1Cl)c1cc(C)ccc1C. The average molecular weight is 572 g/mol. The number of carbonyl (C=O) groups is 3. The minimum absolute atomic E-state index is 0.0985. The third kappa shape index (κ3) is 8.98. The van der Waals surface area contributed by atoms with Gasteiger partial charge in [-0.2, -0.15) is 0 Å². The van der Waals surface area contributed by atoms with Gasteiger partial charge in [0, 0.05) is 6.04 Å². The molecule has 2 aromatic carbocycles. The van der Waals surface area contributed by atoms with Crippen molar-refractivity contribution in [2.45, 2.75) is 106 Å². The van der Waals surface area contributed by atoms with Crippen LogP contribution in [0.25, 0.3) is 0 Å². The van der Waals surface area contributed by atoms with Gasteiger partial charge in [-0.1, -0.05) is 68.3 Å². The number of aryl methyl sites for hydroxylation is 3. The molecule has 3 unspecified atom stereocenters. The first-order valence-corrected chi connectivity index (χ1v) is 14.4. The van der Waals surface area contributed by atoms with Crippen LogP contribution in [0.5, 0.6) is 0 Å². The quantitative estimate of drug-likeness (QED) is 0.309. The van der Waals surface area contributed by atoms with Gasteiger partial charge in [-0.15, -0.1) is 0 Å². The zero-order chi connectivity index (χ0) is 30.4. The second-order valence-corrected chi connectivity index (χ2v) is 12.4. The molecule has 2 aromatic rings. The molecule has 0 spiro atoms. The number of carbonyl (C=O) groups excluding carboxylic acids is 3. The van der Waals surface area contributed by atoms with Gasteiger partial charge >= 0.3 is 6.09 Å². The maximum absolute atomic E-state index is 14.4. The summed E-state index contributed by atoms with van der Waals surface area (Å²) in [6.07, 6.45) is 0.317. The maximum atomic E-state index is 14.4. The lowest BCUT2D eigenvalue weighted by molar-refractivity contribution is -0.143. The van der Waals surface area contributed by atoms with Crippen molar-refractivity contribution in [3.63, 3.8) is 0 Å². The smallest absolute Gasteiger partial charge is 0.408 e. The summed E-state index contributed by atoms with van der Waals surface area (Å²) in [4.78, 5) is 43.1. The summed E-state index contributed by atoms with van der Waals surface area (Å²) in [5, 5.41) is 6.23. The van der Waals surface area contributed by atoms with Crippen LogP contribution in [-0.2, 0) is 14.3 Å². The number of nitrogens with one attached hydrogen (secondary N) is 2. The first kappa shape index (κ1) is 33.1. The van der Waals surface area contributed by atoms with E-state index in [-0.39, 0.29) is 23.8 Å². The molecule has 8 heteroatoms. The van der Waals surface area contributed by atoms with Crippen molar-refractivity contribution in [3.8, 4) is 0 Å². The standard InChI is InChI=1S/C32H46ClN3O4/c1-11-23(7)36(30(38)26(17-19(2)3)34-31(39)40-32(8,9)10)28(24-18-20(4)15-16-21(24)5)29(37)35-27-22(6)13-12-14-25(27)33/h12-16,18-19,23,26,28H,11,17H2,1-10H3,(H,34,39)(H,35,37). The van der Waals surface area contributed by atoms with Crippen LogP contribution >= 0.6 is 11.6 Å². The van der Waals surface area contributed by atoms with Crippen molar-refractivity contribution in [1.82, 2.24) is 10.2 Å². The number of hydrogen-bond donors (Lipinski definition) is 2. The predicted octanol–water partition coefficient (Wildman–Crippen LogP) is 7.51. The van der Waals surface area contributed by atoms with E-state index in [0.717, 1.165) is 22.3 Å². The zero-order valence-electron chi connectivity index (χ0n) is 25.6. The van der Waals surface area contributed by atoms with Crippen molar-refractivity contribution < 1.29 is 19.1 Å². The molecule has 0 fully saturated rings. The second-order valence-electron chi connectivity index (χ2n) is 12.0. The number of benzene rings is 2. The number of ether oxygens (including phenoxy) is 1. The largest absolute Gasteiger partial charge is 0.444 e. The van der Waals surface area contributed by atoms with Crippen LogP contribution in [0.1, 0.15) is 89.6 Å². The molecule has 2 N–H and O–H groups in total. The van der Waals surface area contributed by atoms with E-state index < -0.39 is 23.8 Å². The van der Waals surface area contributed by atoms with E-state index in [1.54, 1.807) is 31.7 Å². The van der Waals surface area contributed by atoms with E-state index >= 15 is 0 Å². The number of amides is 3. The number of hydrogen-bond acceptors (Lipinski definition) is 4. The lowest BCUT2D eigenvalue weighted by Crippen LogP contribution is -2.55. The monoisotopic (exact) mass is 571 g/mol. The maximum Gasteiger partial charge on any atom is 0.408 e. The molecule has 3 atom stereocenters. The van der Waals surface area contributed by atoms with Crippen molar-refractivity contribution in [3.05, 3.63) is 63.7 Å². The third-order valence-corrected chi connectivity index (χ3v) is 7.06. The van der Waals surface area contributed by atoms with Crippen LogP contribution in [0.4, 0.5) is 10.5 Å². The van der Waals surface area contributed by atoms with Crippen molar-refractivity contribution in [1.29, 1.82) is 0 Å². The lowest BCUT2D eigenvalue weighted by atomic mass is 9.93. The first-order chi connectivity index (χ1) is 18.5. The highest BCUT2D eigenvalue weighted by atomic mass is 35.5. The van der Waals surface area contributed by atoms with Crippen LogP contribution in [0.15, 0.2) is 36.4 Å². The van der Waals surface area contributed by atoms with E-state index in [4.69, 9.17) is 16.3 Å². The zero-order valence-corrected chi connectivity index (χ0v) is 26.4. The topological polar surface area (TPSA) is 87.7 Å². The van der Waals surface area contributed by atoms with Gasteiger partial charge in [0.25, 0.3) is 5.91 Å². The normalized spacial score (nSPS) is 13.8. The summed E-state index contributed by atoms with van der Waals surface area (Å²) in [5.74, 6) is -0.619. The van der Waals surface area contributed by atoms with Gasteiger partial charge in [0.15, 0.2) is 0 Å². The summed E-state index contributed by atoms with van der Waals surface area (Å²) in [7, 11) is 0. The van der Waals surface area contributed by atoms with Gasteiger partial charge < -0.3 is 20.3 Å². The van der Waals surface area contributed by atoms with Gasteiger partial charge in [0.2, 0.25) is 5.91 Å². The van der Waals surface area contributed by atoms with Gasteiger partial charge in [-0.05, 0) is 90.0 Å². The highest BCUT2D eigenvalue weighted by Gasteiger charge is 2.39. The Morgan fingerprint density at radius 1 is 1.00 bits per heavy atom. The number of alkyl carbamates (subject to hydrolysis) is 1. The van der Waals surface area contributed by atoms with E-state index in [1.807, 2.05) is 78.8 Å². The number of anilines is 1. The Morgan fingerprint density at radius 3 is 2.20 bits per heavy atom. The van der Waals surface area contributed by atoms with Gasteiger partial charge in [0.1, 0.15) is 17.7 Å². The summed E-state index contributed by atoms with van der Waals surface area (Å²) in [6.45, 7) is 18.9. The van der Waals surface area contributed by atoms with E-state index in [9.17, 15) is 14.4 Å². The molecule has 0 bridgehead atoms. The molecule has 0 aromatic heterocycles. The third-order valence-electron chi connectivity index (χ3n) is 6.74. The Hall–Kier alpha value is -3.06. The van der Waals surface area contributed by atoms with Crippen molar-refractivity contribution in [2.75, 3.05) is 5.32 Å². The summed E-state index contributed by atoms with van der Waals surface area (Å²) < 4.78 is 5.48.